The van der Waals surface area contributed by atoms with Crippen molar-refractivity contribution in [3.05, 3.63) is 0 Å². The van der Waals surface area contributed by atoms with Gasteiger partial charge < -0.3 is 15.1 Å². The molecule has 0 spiro atoms. The number of nitrogens with zero attached hydrogens (tertiary/aromatic N) is 2. The molecule has 2 aliphatic rings. The normalized spacial score (nSPS) is 28.8. The molecule has 17 heavy (non-hydrogen) atoms. The van der Waals surface area contributed by atoms with E-state index in [0.29, 0.717) is 5.41 Å². The molecule has 0 aliphatic carbocycles. The molecule has 2 rings (SSSR count). The second kappa shape index (κ2) is 5.68. The SMILES string of the molecule is CC(C)(C)CN1CCN(C[C@@H]2CCNC2)CC1. The van der Waals surface area contributed by atoms with E-state index in [0.717, 1.165) is 5.92 Å². The first-order valence-corrected chi connectivity index (χ1v) is 7.18. The Labute approximate surface area is 107 Å². The number of piperazine rings is 1. The molecule has 0 radical (unpaired) electrons. The van der Waals surface area contributed by atoms with Crippen LogP contribution in [0.2, 0.25) is 0 Å². The van der Waals surface area contributed by atoms with E-state index in [1.807, 2.05) is 0 Å². The van der Waals surface area contributed by atoms with Gasteiger partial charge in [0.2, 0.25) is 0 Å². The molecule has 1 atom stereocenters. The molecule has 0 saturated carbocycles. The highest BCUT2D eigenvalue weighted by molar-refractivity contribution is 4.80. The van der Waals surface area contributed by atoms with Crippen molar-refractivity contribution in [2.75, 3.05) is 52.4 Å². The predicted octanol–water partition coefficient (Wildman–Crippen LogP) is 1.26. The van der Waals surface area contributed by atoms with Gasteiger partial charge in [-0.3, -0.25) is 0 Å². The van der Waals surface area contributed by atoms with Gasteiger partial charge in [0.25, 0.3) is 0 Å². The van der Waals surface area contributed by atoms with Crippen LogP contribution < -0.4 is 5.32 Å². The van der Waals surface area contributed by atoms with Crippen molar-refractivity contribution < 1.29 is 0 Å². The Kier molecular flexibility index (Phi) is 4.45. The average Bonchev–Trinajstić information content (AvgIpc) is 2.71. The Morgan fingerprint density at radius 1 is 1.06 bits per heavy atom. The van der Waals surface area contributed by atoms with E-state index in [4.69, 9.17) is 0 Å². The molecule has 0 unspecified atom stereocenters. The molecule has 0 aromatic heterocycles. The van der Waals surface area contributed by atoms with E-state index in [1.54, 1.807) is 0 Å². The number of nitrogens with one attached hydrogen (secondary N) is 1. The molecule has 2 saturated heterocycles. The van der Waals surface area contributed by atoms with Crippen molar-refractivity contribution in [3.8, 4) is 0 Å². The lowest BCUT2D eigenvalue weighted by molar-refractivity contribution is 0.0939. The molecule has 3 nitrogen and oxygen atoms in total. The maximum absolute atomic E-state index is 3.46. The van der Waals surface area contributed by atoms with Gasteiger partial charge in [-0.1, -0.05) is 20.8 Å². The zero-order chi connectivity index (χ0) is 12.3. The van der Waals surface area contributed by atoms with Crippen molar-refractivity contribution in [1.82, 2.24) is 15.1 Å². The van der Waals surface area contributed by atoms with Crippen LogP contribution in [-0.4, -0.2) is 62.2 Å². The van der Waals surface area contributed by atoms with E-state index < -0.39 is 0 Å². The molecule has 3 heteroatoms. The van der Waals surface area contributed by atoms with Crippen molar-refractivity contribution in [1.29, 1.82) is 0 Å². The molecular weight excluding hydrogens is 210 g/mol. The minimum absolute atomic E-state index is 0.442. The smallest absolute Gasteiger partial charge is 0.0110 e. The first kappa shape index (κ1) is 13.3. The summed E-state index contributed by atoms with van der Waals surface area (Å²) in [6.45, 7) is 17.1. The zero-order valence-corrected chi connectivity index (χ0v) is 11.8. The minimum Gasteiger partial charge on any atom is -0.316 e. The van der Waals surface area contributed by atoms with Gasteiger partial charge in [-0.25, -0.2) is 0 Å². The van der Waals surface area contributed by atoms with E-state index in [9.17, 15) is 0 Å². The maximum atomic E-state index is 3.46. The Bertz CT molecular complexity index is 220. The number of hydrogen-bond donors (Lipinski definition) is 1. The number of rotatable bonds is 3. The lowest BCUT2D eigenvalue weighted by atomic mass is 9.95. The molecule has 2 fully saturated rings. The quantitative estimate of drug-likeness (QED) is 0.800. The van der Waals surface area contributed by atoms with E-state index in [1.165, 1.54) is 58.8 Å². The van der Waals surface area contributed by atoms with Crippen LogP contribution in [0.5, 0.6) is 0 Å². The van der Waals surface area contributed by atoms with Crippen LogP contribution in [0.3, 0.4) is 0 Å². The summed E-state index contributed by atoms with van der Waals surface area (Å²) in [5.74, 6) is 0.907. The number of hydrogen-bond acceptors (Lipinski definition) is 3. The summed E-state index contributed by atoms with van der Waals surface area (Å²) in [6, 6.07) is 0. The summed E-state index contributed by atoms with van der Waals surface area (Å²) in [7, 11) is 0. The monoisotopic (exact) mass is 239 g/mol. The molecule has 0 aromatic rings. The first-order valence-electron chi connectivity index (χ1n) is 7.18. The molecule has 0 bridgehead atoms. The lowest BCUT2D eigenvalue weighted by Crippen LogP contribution is -2.49. The van der Waals surface area contributed by atoms with Gasteiger partial charge in [0.05, 0.1) is 0 Å². The Hall–Kier alpha value is -0.120. The van der Waals surface area contributed by atoms with Gasteiger partial charge in [-0.15, -0.1) is 0 Å². The zero-order valence-electron chi connectivity index (χ0n) is 11.8. The molecule has 0 aromatic carbocycles. The van der Waals surface area contributed by atoms with Gasteiger partial charge in [-0.2, -0.15) is 0 Å². The van der Waals surface area contributed by atoms with Gasteiger partial charge in [0.1, 0.15) is 0 Å². The summed E-state index contributed by atoms with van der Waals surface area (Å²) < 4.78 is 0. The van der Waals surface area contributed by atoms with Crippen molar-refractivity contribution >= 4 is 0 Å². The Morgan fingerprint density at radius 3 is 2.24 bits per heavy atom. The van der Waals surface area contributed by atoms with E-state index >= 15 is 0 Å². The highest BCUT2D eigenvalue weighted by Crippen LogP contribution is 2.17. The average molecular weight is 239 g/mol. The second-order valence-electron chi connectivity index (χ2n) is 7.00. The summed E-state index contributed by atoms with van der Waals surface area (Å²) in [4.78, 5) is 5.29. The maximum Gasteiger partial charge on any atom is 0.0110 e. The fourth-order valence-electron chi connectivity index (χ4n) is 3.04. The molecule has 1 N–H and O–H groups in total. The highest BCUT2D eigenvalue weighted by Gasteiger charge is 2.24. The van der Waals surface area contributed by atoms with Gasteiger partial charge in [0, 0.05) is 39.3 Å². The van der Waals surface area contributed by atoms with Crippen LogP contribution in [0.25, 0.3) is 0 Å². The van der Waals surface area contributed by atoms with Crippen LogP contribution >= 0.6 is 0 Å². The van der Waals surface area contributed by atoms with Crippen LogP contribution in [0.15, 0.2) is 0 Å². The van der Waals surface area contributed by atoms with Gasteiger partial charge >= 0.3 is 0 Å². The topological polar surface area (TPSA) is 18.5 Å². The van der Waals surface area contributed by atoms with Crippen molar-refractivity contribution in [2.24, 2.45) is 11.3 Å². The lowest BCUT2D eigenvalue weighted by Gasteiger charge is -2.38. The summed E-state index contributed by atoms with van der Waals surface area (Å²) in [5, 5.41) is 3.46. The fraction of sp³-hybridized carbons (Fsp3) is 1.00. The van der Waals surface area contributed by atoms with E-state index in [2.05, 4.69) is 35.9 Å². The van der Waals surface area contributed by atoms with Gasteiger partial charge in [-0.05, 0) is 30.8 Å². The third kappa shape index (κ3) is 4.57. The third-order valence-electron chi connectivity index (χ3n) is 3.84. The molecule has 0 amide bonds. The minimum atomic E-state index is 0.442. The molecule has 2 aliphatic heterocycles. The van der Waals surface area contributed by atoms with Crippen molar-refractivity contribution in [2.45, 2.75) is 27.2 Å². The van der Waals surface area contributed by atoms with Crippen LogP contribution in [0, 0.1) is 11.3 Å². The van der Waals surface area contributed by atoms with Gasteiger partial charge in [0.15, 0.2) is 0 Å². The Morgan fingerprint density at radius 2 is 1.71 bits per heavy atom. The summed E-state index contributed by atoms with van der Waals surface area (Å²) >= 11 is 0. The first-order chi connectivity index (χ1) is 8.03. The van der Waals surface area contributed by atoms with E-state index in [-0.39, 0.29) is 0 Å². The fourth-order valence-corrected chi connectivity index (χ4v) is 3.04. The molecular formula is C14H29N3. The highest BCUT2D eigenvalue weighted by atomic mass is 15.3. The molecule has 2 heterocycles. The van der Waals surface area contributed by atoms with Crippen LogP contribution in [0.4, 0.5) is 0 Å². The second-order valence-corrected chi connectivity index (χ2v) is 7.00. The van der Waals surface area contributed by atoms with Crippen molar-refractivity contribution in [3.63, 3.8) is 0 Å². The predicted molar refractivity (Wildman–Crippen MR) is 73.3 cm³/mol. The largest absolute Gasteiger partial charge is 0.316 e. The summed E-state index contributed by atoms with van der Waals surface area (Å²) in [5.41, 5.74) is 0.442. The summed E-state index contributed by atoms with van der Waals surface area (Å²) in [6.07, 6.45) is 1.38. The Balaban J connectivity index is 1.67. The standard InChI is InChI=1S/C14H29N3/c1-14(2,3)12-17-8-6-16(7-9-17)11-13-4-5-15-10-13/h13,15H,4-12H2,1-3H3/t13-/m1/s1. The van der Waals surface area contributed by atoms with Crippen LogP contribution in [0.1, 0.15) is 27.2 Å². The van der Waals surface area contributed by atoms with Crippen LogP contribution in [-0.2, 0) is 0 Å². The molecule has 100 valence electrons. The third-order valence-corrected chi connectivity index (χ3v) is 3.84.